The summed E-state index contributed by atoms with van der Waals surface area (Å²) < 4.78 is 0. The molecule has 0 bridgehead atoms. The minimum atomic E-state index is -0.737. The van der Waals surface area contributed by atoms with Gasteiger partial charge < -0.3 is 10.1 Å². The van der Waals surface area contributed by atoms with Crippen LogP contribution in [0.15, 0.2) is 48.5 Å². The zero-order chi connectivity index (χ0) is 20.9. The van der Waals surface area contributed by atoms with Crippen LogP contribution in [0, 0.1) is 0 Å². The zero-order valence-electron chi connectivity index (χ0n) is 16.6. The third kappa shape index (κ3) is 4.42. The molecule has 3 N–H and O–H groups in total. The Balaban J connectivity index is 1.51. The highest BCUT2D eigenvalue weighted by Crippen LogP contribution is 2.30. The second-order valence-corrected chi connectivity index (χ2v) is 7.56. The van der Waals surface area contributed by atoms with Crippen LogP contribution in [0.4, 0.5) is 0 Å². The van der Waals surface area contributed by atoms with Crippen LogP contribution in [0.5, 0.6) is 0 Å². The van der Waals surface area contributed by atoms with E-state index in [1.54, 1.807) is 0 Å². The van der Waals surface area contributed by atoms with Crippen LogP contribution in [0.3, 0.4) is 0 Å². The third-order valence-corrected chi connectivity index (χ3v) is 5.34. The van der Waals surface area contributed by atoms with Crippen LogP contribution < -0.4 is 0 Å². The van der Waals surface area contributed by atoms with Gasteiger partial charge >= 0.3 is 0 Å². The van der Waals surface area contributed by atoms with Gasteiger partial charge in [0.05, 0.1) is 5.69 Å². The first kappa shape index (κ1) is 20.3. The molecule has 7 nitrogen and oxygen atoms in total. The number of aliphatic hydroxyl groups is 1. The Bertz CT molecular complexity index is 1090. The lowest BCUT2D eigenvalue weighted by molar-refractivity contribution is 0.174. The number of unbranched alkanes of at least 4 members (excludes halogenated alkanes) is 1. The van der Waals surface area contributed by atoms with E-state index in [4.69, 9.17) is 11.6 Å². The highest BCUT2D eigenvalue weighted by molar-refractivity contribution is 6.30. The Labute approximate surface area is 179 Å². The quantitative estimate of drug-likeness (QED) is 0.387. The van der Waals surface area contributed by atoms with E-state index in [1.165, 1.54) is 0 Å². The maximum absolute atomic E-state index is 10.7. The molecule has 0 aliphatic rings. The van der Waals surface area contributed by atoms with Crippen LogP contribution in [-0.2, 0) is 12.8 Å². The van der Waals surface area contributed by atoms with Gasteiger partial charge in [0.2, 0.25) is 0 Å². The van der Waals surface area contributed by atoms with Gasteiger partial charge in [-0.25, -0.2) is 10.1 Å². The van der Waals surface area contributed by atoms with E-state index in [1.807, 2.05) is 48.5 Å². The van der Waals surface area contributed by atoms with Crippen LogP contribution in [0.25, 0.3) is 22.5 Å². The van der Waals surface area contributed by atoms with Crippen molar-refractivity contribution >= 4 is 11.6 Å². The Morgan fingerprint density at radius 1 is 1.07 bits per heavy atom. The molecular formula is C22H23ClN6O. The monoisotopic (exact) mass is 422 g/mol. The first-order valence-electron chi connectivity index (χ1n) is 10.0. The predicted octanol–water partition coefficient (Wildman–Crippen LogP) is 4.53. The van der Waals surface area contributed by atoms with Crippen molar-refractivity contribution in [2.24, 2.45) is 0 Å². The summed E-state index contributed by atoms with van der Waals surface area (Å²) >= 11 is 6.24. The number of H-pyrrole nitrogens is 2. The van der Waals surface area contributed by atoms with E-state index < -0.39 is 6.10 Å². The Morgan fingerprint density at radius 3 is 2.53 bits per heavy atom. The van der Waals surface area contributed by atoms with Crippen molar-refractivity contribution in [1.82, 2.24) is 30.6 Å². The maximum atomic E-state index is 10.7. The third-order valence-electron chi connectivity index (χ3n) is 5.06. The fourth-order valence-corrected chi connectivity index (χ4v) is 3.73. The molecule has 2 heterocycles. The SMILES string of the molecule is CCCCc1nc(Cl)c(C(O)Cc2ccc(-c3ccccc3-c3nnn[nH]3)cc2)[nH]1. The first-order valence-corrected chi connectivity index (χ1v) is 10.4. The average molecular weight is 423 g/mol. The molecule has 8 heteroatoms. The average Bonchev–Trinajstić information content (AvgIpc) is 3.43. The zero-order valence-corrected chi connectivity index (χ0v) is 17.4. The van der Waals surface area contributed by atoms with E-state index in [9.17, 15) is 5.11 Å². The molecular weight excluding hydrogens is 400 g/mol. The van der Waals surface area contributed by atoms with Gasteiger partial charge in [-0.2, -0.15) is 0 Å². The Hall–Kier alpha value is -3.03. The first-order chi connectivity index (χ1) is 14.7. The molecule has 4 rings (SSSR count). The molecule has 0 amide bonds. The Kier molecular flexibility index (Phi) is 6.21. The largest absolute Gasteiger partial charge is 0.386 e. The molecule has 0 saturated heterocycles. The number of benzene rings is 2. The number of tetrazole rings is 1. The van der Waals surface area contributed by atoms with Gasteiger partial charge in [0.25, 0.3) is 0 Å². The molecule has 154 valence electrons. The summed E-state index contributed by atoms with van der Waals surface area (Å²) in [5, 5.41) is 25.2. The number of hydrogen-bond donors (Lipinski definition) is 3. The second kappa shape index (κ2) is 9.19. The molecule has 30 heavy (non-hydrogen) atoms. The van der Waals surface area contributed by atoms with Crippen LogP contribution >= 0.6 is 11.6 Å². The molecule has 2 aromatic heterocycles. The van der Waals surface area contributed by atoms with Crippen molar-refractivity contribution in [3.63, 3.8) is 0 Å². The normalized spacial score (nSPS) is 12.2. The minimum Gasteiger partial charge on any atom is -0.386 e. The van der Waals surface area contributed by atoms with Gasteiger partial charge in [-0.3, -0.25) is 0 Å². The molecule has 2 aromatic carbocycles. The van der Waals surface area contributed by atoms with E-state index in [2.05, 4.69) is 37.5 Å². The lowest BCUT2D eigenvalue weighted by Crippen LogP contribution is -2.03. The summed E-state index contributed by atoms with van der Waals surface area (Å²) in [6, 6.07) is 16.0. The second-order valence-electron chi connectivity index (χ2n) is 7.20. The molecule has 1 atom stereocenters. The Morgan fingerprint density at radius 2 is 1.83 bits per heavy atom. The van der Waals surface area contributed by atoms with Crippen LogP contribution in [0.2, 0.25) is 5.15 Å². The predicted molar refractivity (Wildman–Crippen MR) is 116 cm³/mol. The van der Waals surface area contributed by atoms with Gasteiger partial charge in [-0.15, -0.1) is 5.10 Å². The van der Waals surface area contributed by atoms with Crippen molar-refractivity contribution in [1.29, 1.82) is 0 Å². The van der Waals surface area contributed by atoms with Crippen molar-refractivity contribution in [2.45, 2.75) is 38.7 Å². The van der Waals surface area contributed by atoms with Crippen LogP contribution in [0.1, 0.15) is 43.0 Å². The van der Waals surface area contributed by atoms with Gasteiger partial charge in [0.15, 0.2) is 11.0 Å². The molecule has 1 unspecified atom stereocenters. The van der Waals surface area contributed by atoms with E-state index in [-0.39, 0.29) is 0 Å². The summed E-state index contributed by atoms with van der Waals surface area (Å²) in [6.07, 6.45) is 2.66. The summed E-state index contributed by atoms with van der Waals surface area (Å²) in [5.74, 6) is 1.45. The molecule has 0 fully saturated rings. The molecule has 0 aliphatic carbocycles. The summed E-state index contributed by atoms with van der Waals surface area (Å²) in [5.41, 5.74) is 4.59. The highest BCUT2D eigenvalue weighted by Gasteiger charge is 2.17. The van der Waals surface area contributed by atoms with Gasteiger partial charge in [-0.05, 0) is 33.5 Å². The number of aryl methyl sites for hydroxylation is 1. The summed E-state index contributed by atoms with van der Waals surface area (Å²) in [6.45, 7) is 2.13. The molecule has 0 radical (unpaired) electrons. The summed E-state index contributed by atoms with van der Waals surface area (Å²) in [4.78, 5) is 7.51. The van der Waals surface area contributed by atoms with Crippen molar-refractivity contribution in [3.8, 4) is 22.5 Å². The van der Waals surface area contributed by atoms with Crippen molar-refractivity contribution < 1.29 is 5.11 Å². The summed E-state index contributed by atoms with van der Waals surface area (Å²) in [7, 11) is 0. The molecule has 0 saturated carbocycles. The number of halogens is 1. The smallest absolute Gasteiger partial charge is 0.180 e. The number of aromatic nitrogens is 6. The molecule has 0 aliphatic heterocycles. The van der Waals surface area contributed by atoms with Crippen molar-refractivity contribution in [3.05, 3.63) is 70.8 Å². The number of imidazole rings is 1. The van der Waals surface area contributed by atoms with E-state index in [0.717, 1.165) is 47.3 Å². The van der Waals surface area contributed by atoms with E-state index in [0.29, 0.717) is 23.1 Å². The topological polar surface area (TPSA) is 103 Å². The van der Waals surface area contributed by atoms with Gasteiger partial charge in [-0.1, -0.05) is 73.5 Å². The number of aromatic amines is 2. The standard InChI is InChI=1S/C22H23ClN6O/c1-2-3-8-19-24-20(21(23)25-19)18(30)13-14-9-11-15(12-10-14)16-6-4-5-7-17(16)22-26-28-29-27-22/h4-7,9-12,18,30H,2-3,8,13H2,1H3,(H,24,25)(H,26,27,28,29). The number of nitrogens with one attached hydrogen (secondary N) is 2. The lowest BCUT2D eigenvalue weighted by Gasteiger charge is -2.11. The maximum Gasteiger partial charge on any atom is 0.180 e. The number of aliphatic hydroxyl groups excluding tert-OH is 1. The lowest BCUT2D eigenvalue weighted by atomic mass is 9.97. The van der Waals surface area contributed by atoms with Crippen LogP contribution in [-0.4, -0.2) is 35.7 Å². The fourth-order valence-electron chi connectivity index (χ4n) is 3.46. The molecule has 0 spiro atoms. The number of nitrogens with zero attached hydrogens (tertiary/aromatic N) is 4. The van der Waals surface area contributed by atoms with Gasteiger partial charge in [0, 0.05) is 18.4 Å². The minimum absolute atomic E-state index is 0.347. The van der Waals surface area contributed by atoms with Crippen molar-refractivity contribution in [2.75, 3.05) is 0 Å². The van der Waals surface area contributed by atoms with Gasteiger partial charge in [0.1, 0.15) is 11.9 Å². The highest BCUT2D eigenvalue weighted by atomic mass is 35.5. The fraction of sp³-hybridized carbons (Fsp3) is 0.273. The number of rotatable bonds is 8. The molecule has 4 aromatic rings. The van der Waals surface area contributed by atoms with E-state index >= 15 is 0 Å². The number of hydrogen-bond acceptors (Lipinski definition) is 5.